The van der Waals surface area contributed by atoms with Gasteiger partial charge in [0.05, 0.1) is 28.3 Å². The van der Waals surface area contributed by atoms with E-state index in [1.165, 1.54) is 67.9 Å². The van der Waals surface area contributed by atoms with E-state index in [2.05, 4.69) is 200 Å². The van der Waals surface area contributed by atoms with Crippen molar-refractivity contribution in [1.82, 2.24) is 4.98 Å². The van der Waals surface area contributed by atoms with Crippen molar-refractivity contribution in [2.75, 3.05) is 9.80 Å². The van der Waals surface area contributed by atoms with Gasteiger partial charge in [-0.1, -0.05) is 140 Å². The lowest BCUT2D eigenvalue weighted by Crippen LogP contribution is -2.41. The van der Waals surface area contributed by atoms with Crippen LogP contribution in [0.5, 0.6) is 0 Å². The van der Waals surface area contributed by atoms with Crippen LogP contribution < -0.4 is 9.80 Å². The highest BCUT2D eigenvalue weighted by Crippen LogP contribution is 2.62. The van der Waals surface area contributed by atoms with Crippen LogP contribution in [0.1, 0.15) is 51.5 Å². The van der Waals surface area contributed by atoms with Crippen LogP contribution in [0.3, 0.4) is 0 Å². The van der Waals surface area contributed by atoms with Gasteiger partial charge in [-0.2, -0.15) is 0 Å². The van der Waals surface area contributed by atoms with Gasteiger partial charge in [-0.05, 0) is 110 Å². The van der Waals surface area contributed by atoms with Crippen LogP contribution in [0.2, 0.25) is 0 Å². The summed E-state index contributed by atoms with van der Waals surface area (Å²) < 4.78 is 6.61. The largest absolute Gasteiger partial charge is 0.455 e. The molecular weight excluding hydrogens is 767 g/mol. The second-order valence-corrected chi connectivity index (χ2v) is 18.3. The normalized spacial score (nSPS) is 20.7. The Labute approximate surface area is 368 Å². The Kier molecular flexibility index (Phi) is 8.06. The van der Waals surface area contributed by atoms with Crippen LogP contribution in [-0.4, -0.2) is 11.0 Å². The second-order valence-electron chi connectivity index (χ2n) is 18.3. The monoisotopic (exact) mass is 813 g/mol. The molecule has 0 saturated heterocycles. The van der Waals surface area contributed by atoms with Gasteiger partial charge in [0.15, 0.2) is 0 Å². The molecule has 0 fully saturated rings. The molecule has 304 valence electrons. The first-order valence-electron chi connectivity index (χ1n) is 22.8. The van der Waals surface area contributed by atoms with Crippen LogP contribution in [0.15, 0.2) is 197 Å². The number of para-hydroxylation sites is 4. The Hall–Kier alpha value is -7.17. The van der Waals surface area contributed by atoms with Gasteiger partial charge in [-0.15, -0.1) is 0 Å². The lowest BCUT2D eigenvalue weighted by atomic mass is 9.68. The van der Waals surface area contributed by atoms with Crippen molar-refractivity contribution in [2.24, 2.45) is 11.3 Å². The maximum Gasteiger partial charge on any atom is 0.143 e. The number of furan rings is 1. The van der Waals surface area contributed by atoms with Gasteiger partial charge in [0.1, 0.15) is 11.2 Å². The fourth-order valence-corrected chi connectivity index (χ4v) is 12.0. The number of pyridine rings is 1. The highest BCUT2D eigenvalue weighted by molar-refractivity contribution is 6.10. The van der Waals surface area contributed by atoms with E-state index in [1.54, 1.807) is 0 Å². The molecule has 7 aromatic carbocycles. The molecule has 2 aromatic heterocycles. The van der Waals surface area contributed by atoms with Gasteiger partial charge < -0.3 is 14.2 Å². The van der Waals surface area contributed by atoms with Crippen LogP contribution in [-0.2, 0) is 0 Å². The SMILES string of the molecule is CC1CCCC2=C1N(c1cccc3c(-c4ccc5ccccc5n4)cccc13)c1ccccc1C1=C2C2(C)C=CCCC2N1c1cccc(-c2cccc3c2oc2ccccc23)c1. The predicted octanol–water partition coefficient (Wildman–Crippen LogP) is 15.8. The average Bonchev–Trinajstić information content (AvgIpc) is 3.80. The Balaban J connectivity index is 1.03. The molecule has 2 aliphatic carbocycles. The number of nitrogens with zero attached hydrogens (tertiary/aromatic N) is 3. The predicted molar refractivity (Wildman–Crippen MR) is 262 cm³/mol. The molecule has 9 aromatic rings. The van der Waals surface area contributed by atoms with E-state index in [4.69, 9.17) is 9.40 Å². The summed E-state index contributed by atoms with van der Waals surface area (Å²) in [5.74, 6) is 0.366. The Morgan fingerprint density at radius 3 is 2.35 bits per heavy atom. The van der Waals surface area contributed by atoms with Crippen molar-refractivity contribution in [3.05, 3.63) is 198 Å². The number of allylic oxidation sites excluding steroid dienone is 3. The first kappa shape index (κ1) is 36.5. The zero-order valence-electron chi connectivity index (χ0n) is 35.7. The van der Waals surface area contributed by atoms with E-state index in [9.17, 15) is 0 Å². The molecule has 2 aliphatic heterocycles. The summed E-state index contributed by atoms with van der Waals surface area (Å²) in [6, 6.07) is 60.2. The van der Waals surface area contributed by atoms with E-state index in [-0.39, 0.29) is 11.5 Å². The van der Waals surface area contributed by atoms with E-state index in [0.29, 0.717) is 5.92 Å². The molecule has 3 atom stereocenters. The van der Waals surface area contributed by atoms with Gasteiger partial charge in [0.25, 0.3) is 0 Å². The van der Waals surface area contributed by atoms with Crippen molar-refractivity contribution in [2.45, 2.75) is 52.0 Å². The first-order valence-corrected chi connectivity index (χ1v) is 22.8. The molecule has 0 amide bonds. The van der Waals surface area contributed by atoms with Gasteiger partial charge in [-0.25, -0.2) is 4.98 Å². The number of hydrogen-bond donors (Lipinski definition) is 0. The standard InChI is InChI=1S/C59H47N3O/c1-37-16-11-27-48-55-57(61(54-32-9-10-35-59(54,55)2)40-19-12-18-39(36-40)41-22-13-26-46-45-20-5-8-31-53(45)63-58(41)46)47-21-4-7-29-52(47)62(56(37)48)51-30-15-23-42-43(24-14-25-44(42)51)50-34-33-38-17-3-6-28-49(38)60-50/h3-8,10,12-15,17-26,28-31,33-37,54H,9,11,16,27,32H2,1-2H3. The lowest BCUT2D eigenvalue weighted by molar-refractivity contribution is 0.382. The zero-order chi connectivity index (χ0) is 41.8. The summed E-state index contributed by atoms with van der Waals surface area (Å²) in [4.78, 5) is 10.6. The van der Waals surface area contributed by atoms with Crippen LogP contribution >= 0.6 is 0 Å². The van der Waals surface area contributed by atoms with Gasteiger partial charge >= 0.3 is 0 Å². The fourth-order valence-electron chi connectivity index (χ4n) is 12.0. The summed E-state index contributed by atoms with van der Waals surface area (Å²) in [5.41, 5.74) is 17.9. The number of anilines is 3. The second kappa shape index (κ2) is 13.9. The number of rotatable bonds is 4. The third kappa shape index (κ3) is 5.37. The lowest BCUT2D eigenvalue weighted by Gasteiger charge is -2.43. The molecule has 0 N–H and O–H groups in total. The maximum absolute atomic E-state index is 6.61. The molecule has 3 unspecified atom stereocenters. The molecule has 4 nitrogen and oxygen atoms in total. The van der Waals surface area contributed by atoms with Crippen LogP contribution in [0, 0.1) is 11.3 Å². The highest BCUT2D eigenvalue weighted by Gasteiger charge is 2.53. The molecular formula is C59H47N3O. The van der Waals surface area contributed by atoms with Crippen molar-refractivity contribution in [3.8, 4) is 22.4 Å². The van der Waals surface area contributed by atoms with Crippen molar-refractivity contribution >= 4 is 66.4 Å². The minimum Gasteiger partial charge on any atom is -0.455 e. The van der Waals surface area contributed by atoms with Crippen LogP contribution in [0.25, 0.3) is 71.7 Å². The minimum atomic E-state index is -0.184. The fraction of sp³-hybridized carbons (Fsp3) is 0.169. The van der Waals surface area contributed by atoms with Gasteiger partial charge in [0, 0.05) is 61.1 Å². The third-order valence-electron chi connectivity index (χ3n) is 14.7. The van der Waals surface area contributed by atoms with E-state index in [1.807, 2.05) is 0 Å². The summed E-state index contributed by atoms with van der Waals surface area (Å²) in [6.45, 7) is 5.00. The molecule has 0 radical (unpaired) electrons. The molecule has 0 spiro atoms. The van der Waals surface area contributed by atoms with E-state index >= 15 is 0 Å². The zero-order valence-corrected chi connectivity index (χ0v) is 35.7. The number of hydrogen-bond acceptors (Lipinski definition) is 4. The Bertz CT molecular complexity index is 3460. The number of aromatic nitrogens is 1. The Morgan fingerprint density at radius 2 is 1.40 bits per heavy atom. The van der Waals surface area contributed by atoms with Gasteiger partial charge in [0.2, 0.25) is 0 Å². The van der Waals surface area contributed by atoms with E-state index < -0.39 is 0 Å². The van der Waals surface area contributed by atoms with Gasteiger partial charge in [-0.3, -0.25) is 0 Å². The smallest absolute Gasteiger partial charge is 0.143 e. The quantitative estimate of drug-likeness (QED) is 0.166. The third-order valence-corrected chi connectivity index (χ3v) is 14.7. The molecule has 4 aliphatic rings. The first-order chi connectivity index (χ1) is 31.0. The molecule has 0 saturated carbocycles. The summed E-state index contributed by atoms with van der Waals surface area (Å²) in [5, 5.41) is 5.91. The highest BCUT2D eigenvalue weighted by atomic mass is 16.3. The van der Waals surface area contributed by atoms with Crippen LogP contribution in [0.4, 0.5) is 17.1 Å². The summed E-state index contributed by atoms with van der Waals surface area (Å²) in [6.07, 6.45) is 10.6. The molecule has 63 heavy (non-hydrogen) atoms. The van der Waals surface area contributed by atoms with Crippen molar-refractivity contribution in [1.29, 1.82) is 0 Å². The van der Waals surface area contributed by atoms with Crippen molar-refractivity contribution < 1.29 is 4.42 Å². The maximum atomic E-state index is 6.61. The molecule has 4 heteroatoms. The Morgan fingerprint density at radius 1 is 0.651 bits per heavy atom. The summed E-state index contributed by atoms with van der Waals surface area (Å²) >= 11 is 0. The molecule has 0 bridgehead atoms. The molecule has 13 rings (SSSR count). The number of fused-ring (bicyclic) bond motifs is 10. The number of benzene rings is 7. The van der Waals surface area contributed by atoms with E-state index in [0.717, 1.165) is 75.3 Å². The minimum absolute atomic E-state index is 0.184. The molecule has 4 heterocycles. The average molecular weight is 814 g/mol. The summed E-state index contributed by atoms with van der Waals surface area (Å²) in [7, 11) is 0. The topological polar surface area (TPSA) is 32.5 Å². The van der Waals surface area contributed by atoms with Crippen molar-refractivity contribution in [3.63, 3.8) is 0 Å².